The van der Waals surface area contributed by atoms with Crippen molar-refractivity contribution in [1.82, 2.24) is 0 Å². The van der Waals surface area contributed by atoms with Crippen molar-refractivity contribution >= 4 is 11.9 Å². The van der Waals surface area contributed by atoms with Gasteiger partial charge in [-0.2, -0.15) is 0 Å². The van der Waals surface area contributed by atoms with Crippen LogP contribution in [0.1, 0.15) is 85.9 Å². The molecule has 0 bridgehead atoms. The Morgan fingerprint density at radius 2 is 1.38 bits per heavy atom. The zero-order valence-electron chi connectivity index (χ0n) is 22.6. The van der Waals surface area contributed by atoms with Gasteiger partial charge >= 0.3 is 11.9 Å². The van der Waals surface area contributed by atoms with E-state index >= 15 is 0 Å². The third-order valence-corrected chi connectivity index (χ3v) is 10.7. The van der Waals surface area contributed by atoms with Gasteiger partial charge in [0, 0.05) is 11.8 Å². The van der Waals surface area contributed by atoms with Crippen molar-refractivity contribution in [2.75, 3.05) is 0 Å². The van der Waals surface area contributed by atoms with E-state index in [9.17, 15) is 18.4 Å². The monoisotopic (exact) mass is 534 g/mol. The van der Waals surface area contributed by atoms with E-state index in [2.05, 4.69) is 19.9 Å². The normalized spacial score (nSPS) is 35.2. The van der Waals surface area contributed by atoms with Gasteiger partial charge in [0.25, 0.3) is 0 Å². The van der Waals surface area contributed by atoms with Crippen LogP contribution in [0, 0.1) is 40.2 Å². The van der Waals surface area contributed by atoms with Gasteiger partial charge in [-0.1, -0.05) is 25.5 Å². The highest BCUT2D eigenvalue weighted by atomic mass is 19.1. The van der Waals surface area contributed by atoms with Crippen molar-refractivity contribution < 1.29 is 27.8 Å². The van der Waals surface area contributed by atoms with Gasteiger partial charge in [0.05, 0.1) is 11.1 Å². The molecule has 0 N–H and O–H groups in total. The predicted octanol–water partition coefficient (Wildman–Crippen LogP) is 7.68. The second-order valence-electron chi connectivity index (χ2n) is 12.6. The molecular formula is C33H36F2O4. The molecule has 3 saturated carbocycles. The summed E-state index contributed by atoms with van der Waals surface area (Å²) < 4.78 is 38.5. The van der Waals surface area contributed by atoms with E-state index < -0.39 is 5.97 Å². The highest BCUT2D eigenvalue weighted by Crippen LogP contribution is 2.65. The van der Waals surface area contributed by atoms with Gasteiger partial charge < -0.3 is 9.47 Å². The smallest absolute Gasteiger partial charge is 0.338 e. The van der Waals surface area contributed by atoms with Gasteiger partial charge in [-0.3, -0.25) is 0 Å². The third-order valence-electron chi connectivity index (χ3n) is 10.7. The van der Waals surface area contributed by atoms with Crippen LogP contribution in [-0.4, -0.2) is 24.1 Å². The minimum absolute atomic E-state index is 0.0551. The summed E-state index contributed by atoms with van der Waals surface area (Å²) in [5, 5.41) is 0. The first-order valence-corrected chi connectivity index (χ1v) is 14.3. The van der Waals surface area contributed by atoms with Crippen molar-refractivity contribution in [1.29, 1.82) is 0 Å². The average molecular weight is 535 g/mol. The second-order valence-corrected chi connectivity index (χ2v) is 12.6. The lowest BCUT2D eigenvalue weighted by Crippen LogP contribution is -2.51. The summed E-state index contributed by atoms with van der Waals surface area (Å²) in [6.45, 7) is 4.70. The Hall–Kier alpha value is -3.02. The molecule has 0 saturated heterocycles. The molecule has 0 unspecified atom stereocenters. The number of hydrogen-bond acceptors (Lipinski definition) is 4. The average Bonchev–Trinajstić information content (AvgIpc) is 3.25. The Morgan fingerprint density at radius 1 is 0.769 bits per heavy atom. The minimum atomic E-state index is -0.390. The van der Waals surface area contributed by atoms with Gasteiger partial charge in [0.15, 0.2) is 0 Å². The van der Waals surface area contributed by atoms with Crippen LogP contribution in [0.4, 0.5) is 8.78 Å². The highest BCUT2D eigenvalue weighted by Gasteiger charge is 2.59. The van der Waals surface area contributed by atoms with Gasteiger partial charge in [-0.15, -0.1) is 0 Å². The number of carbonyl (C=O) groups excluding carboxylic acids is 2. The SMILES string of the molecule is C[C@]12CC[C@H]3[C@@H](CC=C4C[C@@H](OC(=O)c5ccc(F)cc5)CC[C@@]43C)[C@@H]1CC[C@@H]2OC(=O)c1ccc(F)cc1. The molecule has 6 heteroatoms. The molecular weight excluding hydrogens is 498 g/mol. The van der Waals surface area contributed by atoms with Crippen molar-refractivity contribution in [3.63, 3.8) is 0 Å². The number of allylic oxidation sites excluding steroid dienone is 1. The van der Waals surface area contributed by atoms with Crippen LogP contribution in [0.2, 0.25) is 0 Å². The molecule has 4 aliphatic carbocycles. The third kappa shape index (κ3) is 4.60. The van der Waals surface area contributed by atoms with E-state index in [1.807, 2.05) is 0 Å². The quantitative estimate of drug-likeness (QED) is 0.298. The van der Waals surface area contributed by atoms with E-state index in [1.165, 1.54) is 54.1 Å². The highest BCUT2D eigenvalue weighted by molar-refractivity contribution is 5.90. The number of ether oxygens (including phenoxy) is 2. The standard InChI is InChI=1S/C33H36F2O4/c1-32-17-15-25(38-30(36)20-3-8-23(34)9-4-20)19-22(32)7-12-26-27-13-14-29(33(27,2)18-16-28(26)32)39-31(37)21-5-10-24(35)11-6-21/h3-11,25-29H,12-19H2,1-2H3/t25-,26-,27-,28-,29-,32-,33-/m0/s1. The lowest BCUT2D eigenvalue weighted by Gasteiger charge is -2.57. The molecule has 206 valence electrons. The summed E-state index contributed by atoms with van der Waals surface area (Å²) in [6.07, 6.45) is 9.72. The van der Waals surface area contributed by atoms with Crippen molar-refractivity contribution in [3.8, 4) is 0 Å². The van der Waals surface area contributed by atoms with Crippen LogP contribution in [-0.2, 0) is 9.47 Å². The van der Waals surface area contributed by atoms with Crippen LogP contribution in [0.3, 0.4) is 0 Å². The zero-order chi connectivity index (χ0) is 27.4. The Morgan fingerprint density at radius 3 is 2.03 bits per heavy atom. The summed E-state index contributed by atoms with van der Waals surface area (Å²) in [5.41, 5.74) is 2.22. The molecule has 0 radical (unpaired) electrons. The fourth-order valence-corrected chi connectivity index (χ4v) is 8.46. The molecule has 0 aliphatic heterocycles. The maximum atomic E-state index is 13.3. The van der Waals surface area contributed by atoms with Crippen LogP contribution in [0.15, 0.2) is 60.2 Å². The lowest BCUT2D eigenvalue weighted by atomic mass is 9.48. The number of esters is 2. The van der Waals surface area contributed by atoms with E-state index in [-0.39, 0.29) is 40.6 Å². The summed E-state index contributed by atoms with van der Waals surface area (Å²) in [4.78, 5) is 25.5. The molecule has 39 heavy (non-hydrogen) atoms. The van der Waals surface area contributed by atoms with Gasteiger partial charge in [0.1, 0.15) is 23.8 Å². The molecule has 0 aromatic heterocycles. The Balaban J connectivity index is 1.14. The van der Waals surface area contributed by atoms with Crippen molar-refractivity contribution in [2.24, 2.45) is 28.6 Å². The van der Waals surface area contributed by atoms with E-state index in [1.54, 1.807) is 0 Å². The van der Waals surface area contributed by atoms with Gasteiger partial charge in [-0.05, 0) is 117 Å². The van der Waals surface area contributed by atoms with E-state index in [0.717, 1.165) is 51.4 Å². The Labute approximate surface area is 228 Å². The van der Waals surface area contributed by atoms with Crippen LogP contribution in [0.25, 0.3) is 0 Å². The molecule has 0 spiro atoms. The molecule has 2 aromatic rings. The van der Waals surface area contributed by atoms with Crippen molar-refractivity contribution in [2.45, 2.75) is 77.4 Å². The molecule has 2 aromatic carbocycles. The summed E-state index contributed by atoms with van der Waals surface area (Å²) in [6, 6.07) is 11.1. The number of hydrogen-bond donors (Lipinski definition) is 0. The van der Waals surface area contributed by atoms with Crippen molar-refractivity contribution in [3.05, 3.63) is 82.9 Å². The Bertz CT molecular complexity index is 1290. The summed E-state index contributed by atoms with van der Waals surface area (Å²) in [7, 11) is 0. The fourth-order valence-electron chi connectivity index (χ4n) is 8.46. The van der Waals surface area contributed by atoms with E-state index in [4.69, 9.17) is 9.47 Å². The minimum Gasteiger partial charge on any atom is -0.458 e. The molecule has 7 atom stereocenters. The topological polar surface area (TPSA) is 52.6 Å². The van der Waals surface area contributed by atoms with E-state index in [0.29, 0.717) is 28.9 Å². The molecule has 6 rings (SSSR count). The molecule has 3 fully saturated rings. The zero-order valence-corrected chi connectivity index (χ0v) is 22.6. The fraction of sp³-hybridized carbons (Fsp3) is 0.515. The van der Waals surface area contributed by atoms with Gasteiger partial charge in [0.2, 0.25) is 0 Å². The lowest BCUT2D eigenvalue weighted by molar-refractivity contribution is -0.0787. The van der Waals surface area contributed by atoms with Gasteiger partial charge in [-0.25, -0.2) is 18.4 Å². The number of carbonyl (C=O) groups is 2. The maximum Gasteiger partial charge on any atom is 0.338 e. The molecule has 4 nitrogen and oxygen atoms in total. The first-order valence-electron chi connectivity index (χ1n) is 14.3. The number of benzene rings is 2. The summed E-state index contributed by atoms with van der Waals surface area (Å²) >= 11 is 0. The molecule has 0 amide bonds. The van der Waals surface area contributed by atoms with Crippen LogP contribution in [0.5, 0.6) is 0 Å². The first-order chi connectivity index (χ1) is 18.7. The second kappa shape index (κ2) is 9.87. The molecule has 0 heterocycles. The largest absolute Gasteiger partial charge is 0.458 e. The molecule has 4 aliphatic rings. The predicted molar refractivity (Wildman–Crippen MR) is 143 cm³/mol. The number of rotatable bonds is 4. The Kier molecular flexibility index (Phi) is 6.63. The first kappa shape index (κ1) is 26.2. The number of halogens is 2. The maximum absolute atomic E-state index is 13.3. The van der Waals surface area contributed by atoms with Crippen LogP contribution >= 0.6 is 0 Å². The number of fused-ring (bicyclic) bond motifs is 5. The van der Waals surface area contributed by atoms with Crippen LogP contribution < -0.4 is 0 Å². The summed E-state index contributed by atoms with van der Waals surface area (Å²) in [5.74, 6) is 0.113.